The molecule has 0 aromatic heterocycles. The van der Waals surface area contributed by atoms with Gasteiger partial charge in [-0.25, -0.2) is 0 Å². The number of hydrogen-bond donors (Lipinski definition) is 1. The van der Waals surface area contributed by atoms with Gasteiger partial charge in [-0.1, -0.05) is 17.7 Å². The van der Waals surface area contributed by atoms with Crippen LogP contribution in [0.3, 0.4) is 0 Å². The van der Waals surface area contributed by atoms with E-state index in [4.69, 9.17) is 21.4 Å². The van der Waals surface area contributed by atoms with Crippen molar-refractivity contribution in [2.75, 3.05) is 0 Å². The van der Waals surface area contributed by atoms with E-state index in [0.29, 0.717) is 17.2 Å². The number of halogens is 1. The highest BCUT2D eigenvalue weighted by Gasteiger charge is 2.25. The fourth-order valence-electron chi connectivity index (χ4n) is 1.71. The highest BCUT2D eigenvalue weighted by Crippen LogP contribution is 2.36. The molecule has 1 fully saturated rings. The van der Waals surface area contributed by atoms with Gasteiger partial charge in [0.05, 0.1) is 11.1 Å². The molecular weight excluding hydrogens is 240 g/mol. The largest absolute Gasteiger partial charge is 0.489 e. The average molecular weight is 255 g/mol. The van der Waals surface area contributed by atoms with Crippen LogP contribution in [0.15, 0.2) is 12.1 Å². The lowest BCUT2D eigenvalue weighted by atomic mass is 10.1. The topological polar surface area (TPSA) is 46.5 Å². The highest BCUT2D eigenvalue weighted by molar-refractivity contribution is 6.32. The van der Waals surface area contributed by atoms with Gasteiger partial charge in [0.25, 0.3) is 0 Å². The second-order valence-corrected chi connectivity index (χ2v) is 4.85. The normalized spacial score (nSPS) is 14.7. The maximum atomic E-state index is 10.6. The molecule has 0 aliphatic heterocycles. The van der Waals surface area contributed by atoms with Crippen LogP contribution in [-0.2, 0) is 11.2 Å². The van der Waals surface area contributed by atoms with E-state index in [2.05, 4.69) is 0 Å². The molecule has 0 spiro atoms. The molecule has 0 heterocycles. The van der Waals surface area contributed by atoms with Crippen molar-refractivity contribution in [3.05, 3.63) is 28.3 Å². The predicted molar refractivity (Wildman–Crippen MR) is 65.8 cm³/mol. The zero-order valence-corrected chi connectivity index (χ0v) is 10.5. The SMILES string of the molecule is Cc1cc(Cl)c(OC2CC2)c(CCC(=O)O)c1. The minimum absolute atomic E-state index is 0.0980. The summed E-state index contributed by atoms with van der Waals surface area (Å²) in [6.45, 7) is 1.94. The number of carbonyl (C=O) groups is 1. The first-order chi connectivity index (χ1) is 8.06. The number of hydrogen-bond acceptors (Lipinski definition) is 2. The van der Waals surface area contributed by atoms with Crippen LogP contribution in [0.1, 0.15) is 30.4 Å². The number of aliphatic carboxylic acids is 1. The van der Waals surface area contributed by atoms with Gasteiger partial charge in [-0.05, 0) is 43.4 Å². The summed E-state index contributed by atoms with van der Waals surface area (Å²) in [5.41, 5.74) is 1.92. The maximum Gasteiger partial charge on any atom is 0.303 e. The van der Waals surface area contributed by atoms with Gasteiger partial charge in [-0.15, -0.1) is 0 Å². The second-order valence-electron chi connectivity index (χ2n) is 4.45. The van der Waals surface area contributed by atoms with Crippen molar-refractivity contribution >= 4 is 17.6 Å². The van der Waals surface area contributed by atoms with E-state index in [1.54, 1.807) is 0 Å². The molecule has 1 aliphatic rings. The van der Waals surface area contributed by atoms with Gasteiger partial charge in [-0.2, -0.15) is 0 Å². The molecule has 0 saturated heterocycles. The van der Waals surface area contributed by atoms with E-state index in [0.717, 1.165) is 24.0 Å². The van der Waals surface area contributed by atoms with Crippen LogP contribution < -0.4 is 4.74 Å². The Morgan fingerprint density at radius 1 is 1.53 bits per heavy atom. The first-order valence-corrected chi connectivity index (χ1v) is 6.11. The number of benzene rings is 1. The molecule has 1 aromatic rings. The van der Waals surface area contributed by atoms with Crippen molar-refractivity contribution in [3.63, 3.8) is 0 Å². The standard InChI is InChI=1S/C13H15ClO3/c1-8-6-9(2-5-12(15)16)13(11(14)7-8)17-10-3-4-10/h6-7,10H,2-5H2,1H3,(H,15,16). The van der Waals surface area contributed by atoms with Gasteiger partial charge in [0.15, 0.2) is 0 Å². The Morgan fingerprint density at radius 2 is 2.24 bits per heavy atom. The first kappa shape index (κ1) is 12.2. The lowest BCUT2D eigenvalue weighted by Gasteiger charge is -2.13. The van der Waals surface area contributed by atoms with Crippen LogP contribution in [0, 0.1) is 6.92 Å². The minimum Gasteiger partial charge on any atom is -0.489 e. The van der Waals surface area contributed by atoms with Crippen molar-refractivity contribution in [1.29, 1.82) is 0 Å². The summed E-state index contributed by atoms with van der Waals surface area (Å²) in [6, 6.07) is 3.80. The highest BCUT2D eigenvalue weighted by atomic mass is 35.5. The van der Waals surface area contributed by atoms with Crippen molar-refractivity contribution in [2.45, 2.75) is 38.7 Å². The van der Waals surface area contributed by atoms with Crippen LogP contribution in [0.25, 0.3) is 0 Å². The monoisotopic (exact) mass is 254 g/mol. The van der Waals surface area contributed by atoms with Crippen LogP contribution in [0.2, 0.25) is 5.02 Å². The number of carboxylic acids is 1. The van der Waals surface area contributed by atoms with Crippen LogP contribution >= 0.6 is 11.6 Å². The number of ether oxygens (including phenoxy) is 1. The molecular formula is C13H15ClO3. The molecule has 1 N–H and O–H groups in total. The quantitative estimate of drug-likeness (QED) is 0.878. The maximum absolute atomic E-state index is 10.6. The Bertz CT molecular complexity index is 439. The molecule has 17 heavy (non-hydrogen) atoms. The van der Waals surface area contributed by atoms with E-state index in [1.165, 1.54) is 0 Å². The molecule has 3 nitrogen and oxygen atoms in total. The fraction of sp³-hybridized carbons (Fsp3) is 0.462. The molecule has 4 heteroatoms. The van der Waals surface area contributed by atoms with Crippen molar-refractivity contribution in [1.82, 2.24) is 0 Å². The number of aryl methyl sites for hydroxylation is 2. The third-order valence-corrected chi connectivity index (χ3v) is 2.96. The Morgan fingerprint density at radius 3 is 2.82 bits per heavy atom. The van der Waals surface area contributed by atoms with Crippen molar-refractivity contribution in [3.8, 4) is 5.75 Å². The molecule has 1 aromatic carbocycles. The molecule has 92 valence electrons. The molecule has 1 saturated carbocycles. The number of carboxylic acid groups (broad SMARTS) is 1. The molecule has 0 atom stereocenters. The Balaban J connectivity index is 2.22. The summed E-state index contributed by atoms with van der Waals surface area (Å²) in [5.74, 6) is -0.138. The summed E-state index contributed by atoms with van der Waals surface area (Å²) >= 11 is 6.15. The van der Waals surface area contributed by atoms with Gasteiger partial charge in [0.1, 0.15) is 5.75 Å². The van der Waals surface area contributed by atoms with Crippen molar-refractivity contribution in [2.24, 2.45) is 0 Å². The molecule has 1 aliphatic carbocycles. The van der Waals surface area contributed by atoms with Gasteiger partial charge < -0.3 is 9.84 Å². The van der Waals surface area contributed by atoms with E-state index < -0.39 is 5.97 Å². The van der Waals surface area contributed by atoms with Crippen LogP contribution in [0.5, 0.6) is 5.75 Å². The Kier molecular flexibility index (Phi) is 3.57. The molecule has 0 radical (unpaired) electrons. The van der Waals surface area contributed by atoms with Gasteiger partial charge in [-0.3, -0.25) is 4.79 Å². The summed E-state index contributed by atoms with van der Waals surface area (Å²) in [6.07, 6.45) is 2.93. The fourth-order valence-corrected chi connectivity index (χ4v) is 2.05. The van der Waals surface area contributed by atoms with E-state index in [1.807, 2.05) is 19.1 Å². The summed E-state index contributed by atoms with van der Waals surface area (Å²) in [4.78, 5) is 10.6. The molecule has 0 unspecified atom stereocenters. The summed E-state index contributed by atoms with van der Waals surface area (Å²) in [5, 5.41) is 9.31. The van der Waals surface area contributed by atoms with Crippen molar-refractivity contribution < 1.29 is 14.6 Å². The van der Waals surface area contributed by atoms with Crippen LogP contribution in [-0.4, -0.2) is 17.2 Å². The molecule has 0 bridgehead atoms. The van der Waals surface area contributed by atoms with E-state index in [-0.39, 0.29) is 12.5 Å². The average Bonchev–Trinajstić information content (AvgIpc) is 3.03. The third kappa shape index (κ3) is 3.37. The van der Waals surface area contributed by atoms with Gasteiger partial charge in [0.2, 0.25) is 0 Å². The third-order valence-electron chi connectivity index (χ3n) is 2.68. The van der Waals surface area contributed by atoms with Gasteiger partial charge >= 0.3 is 5.97 Å². The predicted octanol–water partition coefficient (Wildman–Crippen LogP) is 3.21. The zero-order chi connectivity index (χ0) is 12.4. The molecule has 2 rings (SSSR count). The second kappa shape index (κ2) is 4.96. The van der Waals surface area contributed by atoms with Gasteiger partial charge in [0, 0.05) is 6.42 Å². The van der Waals surface area contributed by atoms with Crippen LogP contribution in [0.4, 0.5) is 0 Å². The summed E-state index contributed by atoms with van der Waals surface area (Å²) < 4.78 is 5.75. The zero-order valence-electron chi connectivity index (χ0n) is 9.70. The van der Waals surface area contributed by atoms with E-state index in [9.17, 15) is 4.79 Å². The first-order valence-electron chi connectivity index (χ1n) is 5.73. The smallest absolute Gasteiger partial charge is 0.303 e. The van der Waals surface area contributed by atoms with E-state index >= 15 is 0 Å². The lowest BCUT2D eigenvalue weighted by Crippen LogP contribution is -2.04. The Labute approximate surface area is 105 Å². The lowest BCUT2D eigenvalue weighted by molar-refractivity contribution is -0.136. The summed E-state index contributed by atoms with van der Waals surface area (Å²) in [7, 11) is 0. The number of rotatable bonds is 5. The molecule has 0 amide bonds. The minimum atomic E-state index is -0.806. The Hall–Kier alpha value is -1.22.